The molecular weight excluding hydrogens is 444 g/mol. The number of hydrogen-bond acceptors (Lipinski definition) is 4. The van der Waals surface area contributed by atoms with Crippen LogP contribution in [0.5, 0.6) is 5.75 Å². The fraction of sp³-hybridized carbons (Fsp3) is 0.520. The molecule has 1 aliphatic heterocycles. The molecule has 7 heteroatoms. The van der Waals surface area contributed by atoms with Crippen LogP contribution in [-0.2, 0) is 10.0 Å². The second-order valence-corrected chi connectivity index (χ2v) is 10.8. The van der Waals surface area contributed by atoms with E-state index in [9.17, 15) is 8.42 Å². The molecule has 0 unspecified atom stereocenters. The molecular formula is C25H35ClN2O3S. The Kier molecular flexibility index (Phi) is 9.69. The van der Waals surface area contributed by atoms with Crippen molar-refractivity contribution in [3.63, 3.8) is 0 Å². The van der Waals surface area contributed by atoms with Crippen molar-refractivity contribution in [3.05, 3.63) is 53.6 Å². The van der Waals surface area contributed by atoms with E-state index in [0.717, 1.165) is 12.2 Å². The Bertz CT molecular complexity index is 909. The van der Waals surface area contributed by atoms with Crippen LogP contribution in [0.2, 0.25) is 5.02 Å². The van der Waals surface area contributed by atoms with Crippen LogP contribution in [0.15, 0.2) is 53.4 Å². The Morgan fingerprint density at radius 1 is 0.875 bits per heavy atom. The minimum absolute atomic E-state index is 0.209. The van der Waals surface area contributed by atoms with Crippen LogP contribution in [0.1, 0.15) is 51.4 Å². The maximum Gasteiger partial charge on any atom is 0.264 e. The number of unbranched alkanes of at least 4 members (excludes halogenated alkanes) is 3. The van der Waals surface area contributed by atoms with E-state index in [0.29, 0.717) is 17.3 Å². The molecule has 2 aromatic rings. The average Bonchev–Trinajstić information content (AvgIpc) is 3.07. The van der Waals surface area contributed by atoms with Gasteiger partial charge >= 0.3 is 0 Å². The minimum Gasteiger partial charge on any atom is -0.494 e. The maximum atomic E-state index is 12.8. The van der Waals surface area contributed by atoms with E-state index < -0.39 is 10.0 Å². The van der Waals surface area contributed by atoms with Crippen molar-refractivity contribution in [3.8, 4) is 5.75 Å². The molecule has 0 radical (unpaired) electrons. The van der Waals surface area contributed by atoms with E-state index >= 15 is 0 Å². The quantitative estimate of drug-likeness (QED) is 0.373. The molecule has 0 aliphatic carbocycles. The number of sulfonamides is 1. The van der Waals surface area contributed by atoms with Gasteiger partial charge in [-0.05, 0) is 93.8 Å². The van der Waals surface area contributed by atoms with Crippen LogP contribution in [0, 0.1) is 0 Å². The van der Waals surface area contributed by atoms with Gasteiger partial charge in [0.05, 0.1) is 17.2 Å². The van der Waals surface area contributed by atoms with Crippen LogP contribution in [0.4, 0.5) is 5.69 Å². The second-order valence-electron chi connectivity index (χ2n) is 8.44. The predicted octanol–water partition coefficient (Wildman–Crippen LogP) is 5.98. The predicted molar refractivity (Wildman–Crippen MR) is 132 cm³/mol. The van der Waals surface area contributed by atoms with Crippen molar-refractivity contribution in [2.75, 3.05) is 37.6 Å². The second kappa shape index (κ2) is 12.5. The van der Waals surface area contributed by atoms with Crippen molar-refractivity contribution in [1.29, 1.82) is 0 Å². The van der Waals surface area contributed by atoms with Gasteiger partial charge in [0.15, 0.2) is 0 Å². The zero-order chi connectivity index (χ0) is 22.8. The lowest BCUT2D eigenvalue weighted by molar-refractivity contribution is 0.272. The molecule has 0 amide bonds. The highest BCUT2D eigenvalue weighted by atomic mass is 35.5. The molecule has 1 heterocycles. The Labute approximate surface area is 198 Å². The standard InChI is InChI=1S/C25H35ClN2O3S/c1-27(32(29,30)25-16-10-22(26)11-17-25)23-12-14-24(15-13-23)31-21-9-5-4-8-20-28-18-6-2-3-7-19-28/h10-17H,2-9,18-21H2,1H3. The van der Waals surface area contributed by atoms with Crippen LogP contribution in [0.25, 0.3) is 0 Å². The molecule has 1 fully saturated rings. The smallest absolute Gasteiger partial charge is 0.264 e. The number of ether oxygens (including phenoxy) is 1. The summed E-state index contributed by atoms with van der Waals surface area (Å²) >= 11 is 5.87. The number of hydrogen-bond donors (Lipinski definition) is 0. The van der Waals surface area contributed by atoms with Gasteiger partial charge < -0.3 is 9.64 Å². The van der Waals surface area contributed by atoms with E-state index in [-0.39, 0.29) is 4.90 Å². The molecule has 1 aliphatic rings. The van der Waals surface area contributed by atoms with Gasteiger partial charge in [-0.15, -0.1) is 0 Å². The Hall–Kier alpha value is -1.76. The summed E-state index contributed by atoms with van der Waals surface area (Å²) in [6.45, 7) is 4.46. The normalized spacial score (nSPS) is 15.3. The highest BCUT2D eigenvalue weighted by Gasteiger charge is 2.21. The van der Waals surface area contributed by atoms with Crippen molar-refractivity contribution >= 4 is 27.3 Å². The first kappa shape index (κ1) is 24.9. The van der Waals surface area contributed by atoms with Crippen LogP contribution < -0.4 is 9.04 Å². The van der Waals surface area contributed by atoms with E-state index in [1.807, 2.05) is 12.1 Å². The van der Waals surface area contributed by atoms with Crippen LogP contribution in [-0.4, -0.2) is 46.6 Å². The molecule has 0 atom stereocenters. The summed E-state index contributed by atoms with van der Waals surface area (Å²) in [6.07, 6.45) is 10.2. The van der Waals surface area contributed by atoms with Gasteiger partial charge in [0.1, 0.15) is 5.75 Å². The summed E-state index contributed by atoms with van der Waals surface area (Å²) < 4.78 is 32.7. The van der Waals surface area contributed by atoms with Crippen molar-refractivity contribution in [2.45, 2.75) is 56.3 Å². The lowest BCUT2D eigenvalue weighted by Crippen LogP contribution is -2.26. The molecule has 0 spiro atoms. The fourth-order valence-corrected chi connectivity index (χ4v) is 5.32. The van der Waals surface area contributed by atoms with Gasteiger partial charge in [-0.1, -0.05) is 37.3 Å². The zero-order valence-corrected chi connectivity index (χ0v) is 20.6. The number of benzene rings is 2. The molecule has 0 N–H and O–H groups in total. The van der Waals surface area contributed by atoms with E-state index in [2.05, 4.69) is 4.90 Å². The van der Waals surface area contributed by atoms with Crippen LogP contribution in [0.3, 0.4) is 0 Å². The highest BCUT2D eigenvalue weighted by Crippen LogP contribution is 2.25. The molecule has 176 valence electrons. The van der Waals surface area contributed by atoms with Crippen molar-refractivity contribution in [1.82, 2.24) is 4.90 Å². The lowest BCUT2D eigenvalue weighted by Gasteiger charge is -2.20. The molecule has 2 aromatic carbocycles. The average molecular weight is 479 g/mol. The maximum absolute atomic E-state index is 12.8. The summed E-state index contributed by atoms with van der Waals surface area (Å²) in [5, 5.41) is 0.505. The van der Waals surface area contributed by atoms with Gasteiger partial charge in [0.25, 0.3) is 10.0 Å². The summed E-state index contributed by atoms with van der Waals surface area (Å²) in [5.74, 6) is 0.760. The first-order valence-electron chi connectivity index (χ1n) is 11.7. The first-order chi connectivity index (χ1) is 15.5. The number of anilines is 1. The largest absolute Gasteiger partial charge is 0.494 e. The molecule has 3 rings (SSSR count). The van der Waals surface area contributed by atoms with E-state index in [4.69, 9.17) is 16.3 Å². The SMILES string of the molecule is CN(c1ccc(OCCCCCCN2CCCCCC2)cc1)S(=O)(=O)c1ccc(Cl)cc1. The third-order valence-corrected chi connectivity index (χ3v) is 8.06. The molecule has 0 saturated carbocycles. The summed E-state index contributed by atoms with van der Waals surface area (Å²) in [5.41, 5.74) is 0.584. The molecule has 0 bridgehead atoms. The zero-order valence-electron chi connectivity index (χ0n) is 19.0. The number of likely N-dealkylation sites (tertiary alicyclic amines) is 1. The Morgan fingerprint density at radius 2 is 1.50 bits per heavy atom. The Morgan fingerprint density at radius 3 is 2.16 bits per heavy atom. The molecule has 1 saturated heterocycles. The molecule has 5 nitrogen and oxygen atoms in total. The summed E-state index contributed by atoms with van der Waals surface area (Å²) in [7, 11) is -2.08. The van der Waals surface area contributed by atoms with Crippen LogP contribution >= 0.6 is 11.6 Å². The fourth-order valence-electron chi connectivity index (χ4n) is 4.00. The molecule has 0 aromatic heterocycles. The third kappa shape index (κ3) is 7.39. The van der Waals surface area contributed by atoms with Gasteiger partial charge in [-0.25, -0.2) is 8.42 Å². The number of rotatable bonds is 11. The van der Waals surface area contributed by atoms with Gasteiger partial charge in [0.2, 0.25) is 0 Å². The number of nitrogens with zero attached hydrogens (tertiary/aromatic N) is 2. The topological polar surface area (TPSA) is 49.9 Å². The first-order valence-corrected chi connectivity index (χ1v) is 13.5. The monoisotopic (exact) mass is 478 g/mol. The highest BCUT2D eigenvalue weighted by molar-refractivity contribution is 7.92. The summed E-state index contributed by atoms with van der Waals surface area (Å²) in [4.78, 5) is 2.83. The van der Waals surface area contributed by atoms with Crippen molar-refractivity contribution < 1.29 is 13.2 Å². The van der Waals surface area contributed by atoms with Gasteiger partial charge in [0, 0.05) is 12.1 Å². The number of halogens is 1. The molecule has 32 heavy (non-hydrogen) atoms. The third-order valence-electron chi connectivity index (χ3n) is 6.01. The van der Waals surface area contributed by atoms with E-state index in [1.54, 1.807) is 31.3 Å². The minimum atomic E-state index is -3.63. The van der Waals surface area contributed by atoms with Gasteiger partial charge in [-0.2, -0.15) is 0 Å². The lowest BCUT2D eigenvalue weighted by atomic mass is 10.2. The Balaban J connectivity index is 1.37. The van der Waals surface area contributed by atoms with Gasteiger partial charge in [-0.3, -0.25) is 4.31 Å². The summed E-state index contributed by atoms with van der Waals surface area (Å²) in [6, 6.07) is 13.4. The van der Waals surface area contributed by atoms with Crippen molar-refractivity contribution in [2.24, 2.45) is 0 Å². The van der Waals surface area contributed by atoms with E-state index in [1.165, 1.54) is 81.0 Å².